The summed E-state index contributed by atoms with van der Waals surface area (Å²) in [5, 5.41) is 1.54. The summed E-state index contributed by atoms with van der Waals surface area (Å²) in [7, 11) is 0. The van der Waals surface area contributed by atoms with Crippen molar-refractivity contribution < 1.29 is 0 Å². The molecule has 0 spiro atoms. The molecule has 0 saturated heterocycles. The number of halogens is 5. The third-order valence-electron chi connectivity index (χ3n) is 3.05. The Labute approximate surface area is 149 Å². The molecule has 0 saturated carbocycles. The Morgan fingerprint density at radius 3 is 2.38 bits per heavy atom. The van der Waals surface area contributed by atoms with Gasteiger partial charge >= 0.3 is 0 Å². The molecule has 1 aromatic heterocycles. The lowest BCUT2D eigenvalue weighted by Gasteiger charge is -2.09. The van der Waals surface area contributed by atoms with Crippen LogP contribution < -0.4 is 0 Å². The molecule has 0 amide bonds. The average Bonchev–Trinajstić information content (AvgIpc) is 2.80. The molecule has 0 unspecified atom stereocenters. The van der Waals surface area contributed by atoms with Gasteiger partial charge in [0, 0.05) is 10.2 Å². The SMILES string of the molecule is ClCc1nc2cc(Cl)c(Cl)cc2n1-c1ccc(Br)c(Cl)c1. The molecule has 0 aliphatic rings. The topological polar surface area (TPSA) is 17.8 Å². The molecule has 2 aromatic carbocycles. The van der Waals surface area contributed by atoms with Gasteiger partial charge in [-0.2, -0.15) is 0 Å². The lowest BCUT2D eigenvalue weighted by atomic mass is 10.2. The first kappa shape index (κ1) is 15.4. The van der Waals surface area contributed by atoms with Crippen LogP contribution in [0.3, 0.4) is 0 Å². The van der Waals surface area contributed by atoms with Crippen molar-refractivity contribution in [2.24, 2.45) is 0 Å². The van der Waals surface area contributed by atoms with E-state index in [9.17, 15) is 0 Å². The predicted molar refractivity (Wildman–Crippen MR) is 93.4 cm³/mol. The largest absolute Gasteiger partial charge is 0.295 e. The smallest absolute Gasteiger partial charge is 0.129 e. The van der Waals surface area contributed by atoms with E-state index in [0.29, 0.717) is 20.9 Å². The lowest BCUT2D eigenvalue weighted by molar-refractivity contribution is 0.981. The highest BCUT2D eigenvalue weighted by Crippen LogP contribution is 2.32. The van der Waals surface area contributed by atoms with Gasteiger partial charge in [-0.1, -0.05) is 34.8 Å². The summed E-state index contributed by atoms with van der Waals surface area (Å²) >= 11 is 27.7. The highest BCUT2D eigenvalue weighted by atomic mass is 79.9. The average molecular weight is 425 g/mol. The van der Waals surface area contributed by atoms with Crippen molar-refractivity contribution in [1.29, 1.82) is 0 Å². The number of rotatable bonds is 2. The number of hydrogen-bond donors (Lipinski definition) is 0. The number of nitrogens with zero attached hydrogens (tertiary/aromatic N) is 2. The van der Waals surface area contributed by atoms with Gasteiger partial charge in [-0.05, 0) is 46.3 Å². The zero-order chi connectivity index (χ0) is 15.1. The minimum absolute atomic E-state index is 0.262. The zero-order valence-corrected chi connectivity index (χ0v) is 15.0. The number of imidazole rings is 1. The van der Waals surface area contributed by atoms with Crippen LogP contribution in [0.1, 0.15) is 5.82 Å². The number of hydrogen-bond acceptors (Lipinski definition) is 1. The second kappa shape index (κ2) is 5.98. The van der Waals surface area contributed by atoms with Gasteiger partial charge in [0.1, 0.15) is 5.82 Å². The molecular formula is C14H7BrCl4N2. The number of fused-ring (bicyclic) bond motifs is 1. The molecule has 0 aliphatic heterocycles. The molecule has 21 heavy (non-hydrogen) atoms. The van der Waals surface area contributed by atoms with Crippen molar-refractivity contribution in [3.05, 3.63) is 55.7 Å². The molecule has 3 rings (SSSR count). The molecule has 0 N–H and O–H groups in total. The van der Waals surface area contributed by atoms with Crippen molar-refractivity contribution >= 4 is 73.4 Å². The van der Waals surface area contributed by atoms with Crippen molar-refractivity contribution in [1.82, 2.24) is 9.55 Å². The Morgan fingerprint density at radius 2 is 1.71 bits per heavy atom. The number of benzene rings is 2. The Balaban J connectivity index is 2.34. The fourth-order valence-corrected chi connectivity index (χ4v) is 3.04. The minimum atomic E-state index is 0.262. The molecule has 0 atom stereocenters. The zero-order valence-electron chi connectivity index (χ0n) is 10.4. The van der Waals surface area contributed by atoms with Crippen LogP contribution in [0.5, 0.6) is 0 Å². The van der Waals surface area contributed by atoms with Gasteiger partial charge in [0.25, 0.3) is 0 Å². The maximum Gasteiger partial charge on any atom is 0.129 e. The first-order chi connectivity index (χ1) is 10.0. The van der Waals surface area contributed by atoms with E-state index in [1.54, 1.807) is 12.1 Å². The van der Waals surface area contributed by atoms with E-state index in [4.69, 9.17) is 46.4 Å². The maximum absolute atomic E-state index is 6.17. The molecular weight excluding hydrogens is 418 g/mol. The summed E-state index contributed by atoms with van der Waals surface area (Å²) in [6.07, 6.45) is 0. The predicted octanol–water partition coefficient (Wildman–Crippen LogP) is 6.49. The Hall–Kier alpha value is -0.450. The van der Waals surface area contributed by atoms with E-state index in [0.717, 1.165) is 21.2 Å². The third kappa shape index (κ3) is 2.78. The molecule has 3 aromatic rings. The molecule has 1 heterocycles. The van der Waals surface area contributed by atoms with Crippen molar-refractivity contribution in [3.63, 3.8) is 0 Å². The second-order valence-electron chi connectivity index (χ2n) is 4.35. The summed E-state index contributed by atoms with van der Waals surface area (Å²) in [4.78, 5) is 4.49. The van der Waals surface area contributed by atoms with E-state index >= 15 is 0 Å². The minimum Gasteiger partial charge on any atom is -0.295 e. The summed E-state index contributed by atoms with van der Waals surface area (Å²) in [6, 6.07) is 9.14. The quantitative estimate of drug-likeness (QED) is 0.430. The summed E-state index contributed by atoms with van der Waals surface area (Å²) < 4.78 is 2.74. The normalized spacial score (nSPS) is 11.3. The molecule has 108 valence electrons. The molecule has 0 aliphatic carbocycles. The summed E-state index contributed by atoms with van der Waals surface area (Å²) in [5.74, 6) is 0.959. The van der Waals surface area contributed by atoms with Crippen molar-refractivity contribution in [2.75, 3.05) is 0 Å². The van der Waals surface area contributed by atoms with Gasteiger partial charge in [0.05, 0.1) is 32.0 Å². The van der Waals surface area contributed by atoms with Crippen molar-refractivity contribution in [3.8, 4) is 5.69 Å². The van der Waals surface area contributed by atoms with Crippen LogP contribution >= 0.6 is 62.3 Å². The monoisotopic (exact) mass is 422 g/mol. The van der Waals surface area contributed by atoms with Gasteiger partial charge in [-0.25, -0.2) is 4.98 Å². The van der Waals surface area contributed by atoms with E-state index < -0.39 is 0 Å². The molecule has 0 bridgehead atoms. The standard InChI is InChI=1S/C14H7BrCl4N2/c15-8-2-1-7(3-9(8)17)21-13-5-11(19)10(18)4-12(13)20-14(21)6-16/h1-5H,6H2. The molecule has 7 heteroatoms. The highest BCUT2D eigenvalue weighted by Gasteiger charge is 2.14. The van der Waals surface area contributed by atoms with Crippen LogP contribution in [-0.2, 0) is 5.88 Å². The van der Waals surface area contributed by atoms with Crippen LogP contribution in [-0.4, -0.2) is 9.55 Å². The van der Waals surface area contributed by atoms with Gasteiger partial charge < -0.3 is 0 Å². The van der Waals surface area contributed by atoms with Crippen molar-refractivity contribution in [2.45, 2.75) is 5.88 Å². The van der Waals surface area contributed by atoms with Gasteiger partial charge in [0.15, 0.2) is 0 Å². The number of aromatic nitrogens is 2. The first-order valence-corrected chi connectivity index (χ1v) is 8.35. The van der Waals surface area contributed by atoms with E-state index in [1.165, 1.54) is 0 Å². The third-order valence-corrected chi connectivity index (χ3v) is 5.24. The second-order valence-corrected chi connectivity index (χ2v) is 6.69. The molecule has 2 nitrogen and oxygen atoms in total. The Morgan fingerprint density at radius 1 is 1.00 bits per heavy atom. The lowest BCUT2D eigenvalue weighted by Crippen LogP contribution is -1.99. The maximum atomic E-state index is 6.17. The van der Waals surface area contributed by atoms with Gasteiger partial charge in [0.2, 0.25) is 0 Å². The van der Waals surface area contributed by atoms with Crippen LogP contribution in [0.15, 0.2) is 34.8 Å². The van der Waals surface area contributed by atoms with Gasteiger partial charge in [-0.15, -0.1) is 11.6 Å². The summed E-state index contributed by atoms with van der Waals surface area (Å²) in [5.41, 5.74) is 2.43. The van der Waals surface area contributed by atoms with Crippen LogP contribution in [0.2, 0.25) is 15.1 Å². The molecule has 0 fully saturated rings. The fourth-order valence-electron chi connectivity index (χ4n) is 2.12. The fraction of sp³-hybridized carbons (Fsp3) is 0.0714. The van der Waals surface area contributed by atoms with Crippen LogP contribution in [0.4, 0.5) is 0 Å². The molecule has 0 radical (unpaired) electrons. The first-order valence-electron chi connectivity index (χ1n) is 5.89. The van der Waals surface area contributed by atoms with Crippen LogP contribution in [0.25, 0.3) is 16.7 Å². The van der Waals surface area contributed by atoms with E-state index in [1.807, 2.05) is 22.8 Å². The number of alkyl halides is 1. The Bertz CT molecular complexity index is 845. The summed E-state index contributed by atoms with van der Waals surface area (Å²) in [6.45, 7) is 0. The van der Waals surface area contributed by atoms with E-state index in [-0.39, 0.29) is 5.88 Å². The Kier molecular flexibility index (Phi) is 4.40. The van der Waals surface area contributed by atoms with Crippen LogP contribution in [0, 0.1) is 0 Å². The van der Waals surface area contributed by atoms with Gasteiger partial charge in [-0.3, -0.25) is 4.57 Å². The highest BCUT2D eigenvalue weighted by molar-refractivity contribution is 9.10. The van der Waals surface area contributed by atoms with E-state index in [2.05, 4.69) is 20.9 Å².